The van der Waals surface area contributed by atoms with E-state index in [9.17, 15) is 5.11 Å². The van der Waals surface area contributed by atoms with Crippen LogP contribution in [0.1, 0.15) is 118 Å². The second-order valence-electron chi connectivity index (χ2n) is 13.4. The van der Waals surface area contributed by atoms with Gasteiger partial charge in [-0.15, -0.1) is 0 Å². The van der Waals surface area contributed by atoms with Gasteiger partial charge in [-0.05, 0) is 62.5 Å². The normalized spacial score (nSPS) is 14.3. The van der Waals surface area contributed by atoms with Gasteiger partial charge in [0.1, 0.15) is 5.75 Å². The average Bonchev–Trinajstić information content (AvgIpc) is 2.72. The summed E-state index contributed by atoms with van der Waals surface area (Å²) in [5.74, 6) is 0.454. The molecule has 0 spiro atoms. The van der Waals surface area contributed by atoms with Gasteiger partial charge in [-0.2, -0.15) is 0 Å². The molecular weight excluding hydrogens is 444 g/mol. The molecule has 0 aromatic heterocycles. The van der Waals surface area contributed by atoms with E-state index < -0.39 is 8.32 Å². The van der Waals surface area contributed by atoms with Crippen LogP contribution in [-0.2, 0) is 21.7 Å². The second kappa shape index (κ2) is 11.2. The molecule has 196 valence electrons. The predicted molar refractivity (Wildman–Crippen MR) is 155 cm³/mol. The van der Waals surface area contributed by atoms with Gasteiger partial charge in [0, 0.05) is 0 Å². The maximum Gasteiger partial charge on any atom is 0.201 e. The van der Waals surface area contributed by atoms with Gasteiger partial charge in [0.25, 0.3) is 0 Å². The third-order valence-electron chi connectivity index (χ3n) is 7.71. The lowest BCUT2D eigenvalue weighted by molar-refractivity contribution is 0.166. The van der Waals surface area contributed by atoms with E-state index in [1.54, 1.807) is 0 Å². The van der Waals surface area contributed by atoms with E-state index in [0.29, 0.717) is 22.4 Å². The summed E-state index contributed by atoms with van der Waals surface area (Å²) >= 11 is 0. The van der Waals surface area contributed by atoms with Crippen molar-refractivity contribution in [1.82, 2.24) is 0 Å². The average molecular weight is 497 g/mol. The van der Waals surface area contributed by atoms with E-state index in [4.69, 9.17) is 4.43 Å². The van der Waals surface area contributed by atoms with Crippen molar-refractivity contribution in [2.75, 3.05) is 0 Å². The minimum Gasteiger partial charge on any atom is -0.507 e. The Morgan fingerprint density at radius 2 is 1.17 bits per heavy atom. The number of benzene rings is 2. The summed E-state index contributed by atoms with van der Waals surface area (Å²) in [5.41, 5.74) is 6.02. The molecular formula is C32H52O2Si. The maximum absolute atomic E-state index is 11.2. The molecule has 2 aromatic carbocycles. The molecule has 35 heavy (non-hydrogen) atoms. The van der Waals surface area contributed by atoms with Crippen LogP contribution in [-0.4, -0.2) is 13.4 Å². The van der Waals surface area contributed by atoms with Gasteiger partial charge in [0.2, 0.25) is 8.32 Å². The summed E-state index contributed by atoms with van der Waals surface area (Å²) in [6.45, 7) is 27.3. The molecule has 1 atom stereocenters. The van der Waals surface area contributed by atoms with Crippen molar-refractivity contribution in [3.8, 4) is 5.75 Å². The summed E-state index contributed by atoms with van der Waals surface area (Å²) in [6.07, 6.45) is 1.92. The van der Waals surface area contributed by atoms with Crippen molar-refractivity contribution < 1.29 is 9.53 Å². The van der Waals surface area contributed by atoms with Crippen molar-refractivity contribution in [3.63, 3.8) is 0 Å². The van der Waals surface area contributed by atoms with E-state index in [2.05, 4.69) is 126 Å². The monoisotopic (exact) mass is 496 g/mol. The molecule has 2 rings (SSSR count). The lowest BCUT2D eigenvalue weighted by Gasteiger charge is -2.45. The lowest BCUT2D eigenvalue weighted by atomic mass is 9.78. The minimum absolute atomic E-state index is 0.0695. The SMILES string of the molecule is CC(C)[Si](OC(CCc1cc(C(C)(C)C)c(O)c(C(C)(C)C)c1)c1ccccc1)(C(C)C)C(C)C. The molecule has 2 nitrogen and oxygen atoms in total. The summed E-state index contributed by atoms with van der Waals surface area (Å²) in [7, 11) is -2.04. The fourth-order valence-corrected chi connectivity index (χ4v) is 11.5. The number of phenols is 1. The second-order valence-corrected chi connectivity index (χ2v) is 18.8. The molecule has 2 aromatic rings. The zero-order chi connectivity index (χ0) is 26.8. The largest absolute Gasteiger partial charge is 0.507 e. The summed E-state index contributed by atoms with van der Waals surface area (Å²) < 4.78 is 7.34. The number of rotatable bonds is 9. The Balaban J connectivity index is 2.52. The highest BCUT2D eigenvalue weighted by molar-refractivity contribution is 6.77. The van der Waals surface area contributed by atoms with Gasteiger partial charge in [0.15, 0.2) is 0 Å². The highest BCUT2D eigenvalue weighted by atomic mass is 28.4. The predicted octanol–water partition coefficient (Wildman–Crippen LogP) is 9.85. The first kappa shape index (κ1) is 29.6. The molecule has 0 saturated heterocycles. The van der Waals surface area contributed by atoms with Crippen LogP contribution in [0.5, 0.6) is 5.75 Å². The van der Waals surface area contributed by atoms with Gasteiger partial charge >= 0.3 is 0 Å². The van der Waals surface area contributed by atoms with E-state index in [1.807, 2.05) is 0 Å². The standard InChI is InChI=1S/C32H52O2Si/c1-22(2)35(23(3)4,24(5)6)34-29(26-16-14-13-15-17-26)19-18-25-20-27(31(7,8)9)30(33)28(21-25)32(10,11)12/h13-17,20-24,29,33H,18-19H2,1-12H3. The van der Waals surface area contributed by atoms with Crippen LogP contribution in [0, 0.1) is 0 Å². The first-order valence-electron chi connectivity index (χ1n) is 13.6. The van der Waals surface area contributed by atoms with Crippen LogP contribution in [0.15, 0.2) is 42.5 Å². The molecule has 0 aliphatic heterocycles. The molecule has 0 bridgehead atoms. The molecule has 1 N–H and O–H groups in total. The molecule has 0 saturated carbocycles. The van der Waals surface area contributed by atoms with Crippen LogP contribution in [0.3, 0.4) is 0 Å². The molecule has 0 aliphatic carbocycles. The first-order chi connectivity index (χ1) is 16.0. The van der Waals surface area contributed by atoms with Crippen LogP contribution >= 0.6 is 0 Å². The summed E-state index contributed by atoms with van der Waals surface area (Å²) in [5, 5.41) is 11.2. The molecule has 0 fully saturated rings. The van der Waals surface area contributed by atoms with Crippen LogP contribution in [0.4, 0.5) is 0 Å². The Labute approximate surface area is 217 Å². The third kappa shape index (κ3) is 6.80. The Morgan fingerprint density at radius 1 is 0.743 bits per heavy atom. The highest BCUT2D eigenvalue weighted by Gasteiger charge is 2.46. The number of phenolic OH excluding ortho intramolecular Hbond substituents is 1. The summed E-state index contributed by atoms with van der Waals surface area (Å²) in [6, 6.07) is 15.3. The molecule has 1 unspecified atom stereocenters. The zero-order valence-electron chi connectivity index (χ0n) is 24.6. The number of hydrogen-bond donors (Lipinski definition) is 1. The molecule has 0 heterocycles. The van der Waals surface area contributed by atoms with Crippen molar-refractivity contribution in [1.29, 1.82) is 0 Å². The number of hydrogen-bond acceptors (Lipinski definition) is 2. The molecule has 0 aliphatic rings. The Bertz CT molecular complexity index is 889. The quantitative estimate of drug-likeness (QED) is 0.350. The minimum atomic E-state index is -2.04. The number of aryl methyl sites for hydroxylation is 1. The van der Waals surface area contributed by atoms with E-state index in [0.717, 1.165) is 24.0 Å². The van der Waals surface area contributed by atoms with Gasteiger partial charge in [-0.1, -0.05) is 126 Å². The van der Waals surface area contributed by atoms with Crippen molar-refractivity contribution >= 4 is 8.32 Å². The van der Waals surface area contributed by atoms with Gasteiger partial charge in [-0.25, -0.2) is 0 Å². The molecule has 3 heteroatoms. The van der Waals surface area contributed by atoms with Gasteiger partial charge < -0.3 is 9.53 Å². The summed E-state index contributed by atoms with van der Waals surface area (Å²) in [4.78, 5) is 0. The van der Waals surface area contributed by atoms with Crippen molar-refractivity contribution in [2.45, 2.75) is 129 Å². The Kier molecular flexibility index (Phi) is 9.50. The first-order valence-corrected chi connectivity index (χ1v) is 15.7. The smallest absolute Gasteiger partial charge is 0.201 e. The third-order valence-corrected chi connectivity index (χ3v) is 13.8. The fourth-order valence-electron chi connectivity index (χ4n) is 5.90. The van der Waals surface area contributed by atoms with Crippen LogP contribution in [0.2, 0.25) is 16.6 Å². The van der Waals surface area contributed by atoms with Gasteiger partial charge in [-0.3, -0.25) is 0 Å². The van der Waals surface area contributed by atoms with Crippen LogP contribution in [0.25, 0.3) is 0 Å². The van der Waals surface area contributed by atoms with E-state index >= 15 is 0 Å². The maximum atomic E-state index is 11.2. The topological polar surface area (TPSA) is 29.5 Å². The Morgan fingerprint density at radius 3 is 1.54 bits per heavy atom. The highest BCUT2D eigenvalue weighted by Crippen LogP contribution is 2.46. The zero-order valence-corrected chi connectivity index (χ0v) is 25.6. The van der Waals surface area contributed by atoms with Gasteiger partial charge in [0.05, 0.1) is 6.10 Å². The molecule has 0 amide bonds. The fraction of sp³-hybridized carbons (Fsp3) is 0.625. The number of aromatic hydroxyl groups is 1. The van der Waals surface area contributed by atoms with E-state index in [1.165, 1.54) is 11.1 Å². The van der Waals surface area contributed by atoms with Crippen LogP contribution < -0.4 is 0 Å². The van der Waals surface area contributed by atoms with E-state index in [-0.39, 0.29) is 16.9 Å². The Hall–Kier alpha value is -1.58. The van der Waals surface area contributed by atoms with Crippen molar-refractivity contribution in [2.24, 2.45) is 0 Å². The molecule has 0 radical (unpaired) electrons. The van der Waals surface area contributed by atoms with Crippen molar-refractivity contribution in [3.05, 3.63) is 64.7 Å². The lowest BCUT2D eigenvalue weighted by Crippen LogP contribution is -2.48.